The average molecular weight is 459 g/mol. The SMILES string of the molecule is COc1cc(OC)c(C=CC(=O)Nc2ccc(OC)c(OC(=O)CCC(=O)O)c2)c(OC)c1. The van der Waals surface area contributed by atoms with E-state index in [0.717, 1.165) is 0 Å². The normalized spacial score (nSPS) is 10.4. The van der Waals surface area contributed by atoms with Gasteiger partial charge in [0.2, 0.25) is 5.91 Å². The Morgan fingerprint density at radius 2 is 1.48 bits per heavy atom. The summed E-state index contributed by atoms with van der Waals surface area (Å²) in [7, 11) is 5.88. The van der Waals surface area contributed by atoms with E-state index >= 15 is 0 Å². The lowest BCUT2D eigenvalue weighted by Gasteiger charge is -2.13. The largest absolute Gasteiger partial charge is 0.496 e. The van der Waals surface area contributed by atoms with E-state index in [0.29, 0.717) is 28.5 Å². The number of carboxylic acid groups (broad SMARTS) is 1. The molecule has 0 radical (unpaired) electrons. The smallest absolute Gasteiger partial charge is 0.311 e. The monoisotopic (exact) mass is 459 g/mol. The Morgan fingerprint density at radius 3 is 2.03 bits per heavy atom. The average Bonchev–Trinajstić information content (AvgIpc) is 2.81. The topological polar surface area (TPSA) is 130 Å². The summed E-state index contributed by atoms with van der Waals surface area (Å²) >= 11 is 0. The molecule has 33 heavy (non-hydrogen) atoms. The van der Waals surface area contributed by atoms with Crippen LogP contribution in [-0.2, 0) is 14.4 Å². The zero-order valence-corrected chi connectivity index (χ0v) is 18.7. The number of rotatable bonds is 11. The van der Waals surface area contributed by atoms with E-state index in [1.807, 2.05) is 0 Å². The number of carboxylic acids is 1. The molecule has 2 rings (SSSR count). The molecule has 0 unspecified atom stereocenters. The second-order valence-corrected chi connectivity index (χ2v) is 6.50. The number of carbonyl (C=O) groups is 3. The predicted octanol–water partition coefficient (Wildman–Crippen LogP) is 3.14. The maximum Gasteiger partial charge on any atom is 0.311 e. The van der Waals surface area contributed by atoms with E-state index in [2.05, 4.69) is 5.32 Å². The first kappa shape index (κ1) is 25.1. The van der Waals surface area contributed by atoms with E-state index in [1.54, 1.807) is 18.2 Å². The van der Waals surface area contributed by atoms with Crippen LogP contribution in [0, 0.1) is 0 Å². The molecule has 0 spiro atoms. The number of carbonyl (C=O) groups excluding carboxylic acids is 2. The molecular weight excluding hydrogens is 434 g/mol. The van der Waals surface area contributed by atoms with Crippen molar-refractivity contribution in [2.45, 2.75) is 12.8 Å². The fraction of sp³-hybridized carbons (Fsp3) is 0.261. The van der Waals surface area contributed by atoms with Crippen LogP contribution in [0.25, 0.3) is 6.08 Å². The van der Waals surface area contributed by atoms with Gasteiger partial charge >= 0.3 is 11.9 Å². The molecule has 10 heteroatoms. The van der Waals surface area contributed by atoms with Crippen molar-refractivity contribution in [3.8, 4) is 28.7 Å². The quantitative estimate of drug-likeness (QED) is 0.296. The van der Waals surface area contributed by atoms with Crippen molar-refractivity contribution in [2.75, 3.05) is 33.8 Å². The van der Waals surface area contributed by atoms with Crippen LogP contribution < -0.4 is 29.0 Å². The summed E-state index contributed by atoms with van der Waals surface area (Å²) < 4.78 is 26.2. The zero-order valence-electron chi connectivity index (χ0n) is 18.7. The van der Waals surface area contributed by atoms with Crippen molar-refractivity contribution in [3.05, 3.63) is 42.0 Å². The maximum absolute atomic E-state index is 12.5. The second kappa shape index (κ2) is 12.0. The van der Waals surface area contributed by atoms with Gasteiger partial charge in [-0.15, -0.1) is 0 Å². The summed E-state index contributed by atoms with van der Waals surface area (Å²) in [5, 5.41) is 11.3. The van der Waals surface area contributed by atoms with Gasteiger partial charge in [0.1, 0.15) is 17.2 Å². The van der Waals surface area contributed by atoms with E-state index < -0.39 is 17.8 Å². The first-order valence-electron chi connectivity index (χ1n) is 9.70. The first-order valence-corrected chi connectivity index (χ1v) is 9.70. The third-order valence-corrected chi connectivity index (χ3v) is 4.35. The number of aliphatic carboxylic acids is 1. The third-order valence-electron chi connectivity index (χ3n) is 4.35. The van der Waals surface area contributed by atoms with Gasteiger partial charge in [-0.05, 0) is 18.2 Å². The molecule has 0 fully saturated rings. The van der Waals surface area contributed by atoms with Crippen LogP contribution in [0.15, 0.2) is 36.4 Å². The minimum atomic E-state index is -1.11. The van der Waals surface area contributed by atoms with E-state index in [4.69, 9.17) is 28.8 Å². The molecule has 0 saturated heterocycles. The van der Waals surface area contributed by atoms with Crippen LogP contribution in [0.1, 0.15) is 18.4 Å². The number of hydrogen-bond acceptors (Lipinski definition) is 8. The number of nitrogens with one attached hydrogen (secondary N) is 1. The molecule has 0 heterocycles. The van der Waals surface area contributed by atoms with Crippen molar-refractivity contribution in [3.63, 3.8) is 0 Å². The number of anilines is 1. The Balaban J connectivity index is 2.18. The highest BCUT2D eigenvalue weighted by Crippen LogP contribution is 2.35. The lowest BCUT2D eigenvalue weighted by molar-refractivity contribution is -0.142. The second-order valence-electron chi connectivity index (χ2n) is 6.50. The number of hydrogen-bond donors (Lipinski definition) is 2. The highest BCUT2D eigenvalue weighted by atomic mass is 16.6. The Morgan fingerprint density at radius 1 is 0.848 bits per heavy atom. The maximum atomic E-state index is 12.5. The van der Waals surface area contributed by atoms with E-state index in [-0.39, 0.29) is 24.3 Å². The molecule has 0 bridgehead atoms. The van der Waals surface area contributed by atoms with Gasteiger partial charge in [-0.25, -0.2) is 0 Å². The number of amides is 1. The van der Waals surface area contributed by atoms with Crippen LogP contribution in [0.5, 0.6) is 28.7 Å². The van der Waals surface area contributed by atoms with Gasteiger partial charge in [-0.3, -0.25) is 14.4 Å². The Hall–Kier alpha value is -4.21. The lowest BCUT2D eigenvalue weighted by Crippen LogP contribution is -2.12. The van der Waals surface area contributed by atoms with Gasteiger partial charge in [0.15, 0.2) is 11.5 Å². The molecule has 10 nitrogen and oxygen atoms in total. The Kier molecular flexibility index (Phi) is 9.10. The summed E-state index contributed by atoms with van der Waals surface area (Å²) in [6, 6.07) is 7.79. The molecule has 0 aromatic heterocycles. The third kappa shape index (κ3) is 7.17. The van der Waals surface area contributed by atoms with E-state index in [9.17, 15) is 14.4 Å². The van der Waals surface area contributed by atoms with Gasteiger partial charge in [0, 0.05) is 30.0 Å². The Bertz CT molecular complexity index is 1020. The highest BCUT2D eigenvalue weighted by molar-refractivity contribution is 6.02. The highest BCUT2D eigenvalue weighted by Gasteiger charge is 2.14. The summed E-state index contributed by atoms with van der Waals surface area (Å²) in [6.07, 6.45) is 2.16. The molecule has 0 aliphatic heterocycles. The molecular formula is C23H25NO9. The number of methoxy groups -OCH3 is 4. The molecule has 2 aromatic rings. The van der Waals surface area contributed by atoms with Crippen LogP contribution in [0.2, 0.25) is 0 Å². The molecule has 0 saturated carbocycles. The van der Waals surface area contributed by atoms with Crippen molar-refractivity contribution in [1.29, 1.82) is 0 Å². The van der Waals surface area contributed by atoms with Crippen LogP contribution >= 0.6 is 0 Å². The zero-order chi connectivity index (χ0) is 24.4. The molecule has 0 aliphatic rings. The molecule has 0 aliphatic carbocycles. The van der Waals surface area contributed by atoms with Crippen LogP contribution in [0.4, 0.5) is 5.69 Å². The molecule has 2 aromatic carbocycles. The summed E-state index contributed by atoms with van der Waals surface area (Å²) in [5.74, 6) is -0.578. The summed E-state index contributed by atoms with van der Waals surface area (Å²) in [6.45, 7) is 0. The van der Waals surface area contributed by atoms with E-state index in [1.165, 1.54) is 52.7 Å². The molecule has 2 N–H and O–H groups in total. The predicted molar refractivity (Wildman–Crippen MR) is 119 cm³/mol. The fourth-order valence-corrected chi connectivity index (χ4v) is 2.76. The molecule has 1 amide bonds. The minimum absolute atomic E-state index is 0.0492. The summed E-state index contributed by atoms with van der Waals surface area (Å²) in [4.78, 5) is 35.0. The van der Waals surface area contributed by atoms with Crippen LogP contribution in [0.3, 0.4) is 0 Å². The molecule has 176 valence electrons. The fourth-order valence-electron chi connectivity index (χ4n) is 2.76. The minimum Gasteiger partial charge on any atom is -0.496 e. The van der Waals surface area contributed by atoms with Gasteiger partial charge in [-0.1, -0.05) is 0 Å². The van der Waals surface area contributed by atoms with Gasteiger partial charge < -0.3 is 34.1 Å². The molecule has 0 atom stereocenters. The van der Waals surface area contributed by atoms with Gasteiger partial charge in [0.05, 0.1) is 46.8 Å². The van der Waals surface area contributed by atoms with Gasteiger partial charge in [0.25, 0.3) is 0 Å². The van der Waals surface area contributed by atoms with Crippen LogP contribution in [-0.4, -0.2) is 51.4 Å². The number of ether oxygens (including phenoxy) is 5. The van der Waals surface area contributed by atoms with Crippen molar-refractivity contribution in [1.82, 2.24) is 0 Å². The van der Waals surface area contributed by atoms with Crippen molar-refractivity contribution < 1.29 is 43.2 Å². The van der Waals surface area contributed by atoms with Crippen molar-refractivity contribution >= 4 is 29.6 Å². The summed E-state index contributed by atoms with van der Waals surface area (Å²) in [5.41, 5.74) is 0.874. The number of esters is 1. The lowest BCUT2D eigenvalue weighted by atomic mass is 10.1. The standard InChI is InChI=1S/C23H25NO9/c1-29-15-12-18(31-3)16(19(13-15)32-4)6-8-21(25)24-14-5-7-17(30-2)20(11-14)33-23(28)10-9-22(26)27/h5-8,11-13H,9-10H2,1-4H3,(H,24,25)(H,26,27). The first-order chi connectivity index (χ1) is 15.8. The van der Waals surface area contributed by atoms with Crippen molar-refractivity contribution in [2.24, 2.45) is 0 Å². The number of benzene rings is 2. The van der Waals surface area contributed by atoms with Gasteiger partial charge in [-0.2, -0.15) is 0 Å². The Labute approximate surface area is 190 Å².